The van der Waals surface area contributed by atoms with Gasteiger partial charge in [-0.25, -0.2) is 0 Å². The third-order valence-electron chi connectivity index (χ3n) is 6.08. The molecule has 0 bridgehead atoms. The molecular formula is C26H24ClN3O3. The number of carbonyl (C=O) groups excluding carboxylic acids is 1. The number of nitrogens with one attached hydrogen (secondary N) is 1. The molecule has 3 heterocycles. The minimum absolute atomic E-state index is 0.0103. The topological polar surface area (TPSA) is 82.4 Å². The van der Waals surface area contributed by atoms with Gasteiger partial charge in [-0.2, -0.15) is 5.10 Å². The normalized spacial score (nSPS) is 15.8. The predicted octanol–water partition coefficient (Wildman–Crippen LogP) is 6.07. The second kappa shape index (κ2) is 7.81. The van der Waals surface area contributed by atoms with Gasteiger partial charge in [-0.15, -0.1) is 0 Å². The maximum atomic E-state index is 13.5. The molecule has 2 N–H and O–H groups in total. The zero-order chi connectivity index (χ0) is 23.3. The number of benzene rings is 2. The molecule has 0 fully saturated rings. The van der Waals surface area contributed by atoms with E-state index in [1.54, 1.807) is 29.4 Å². The molecule has 33 heavy (non-hydrogen) atoms. The highest BCUT2D eigenvalue weighted by atomic mass is 35.5. The van der Waals surface area contributed by atoms with Crippen LogP contribution in [0, 0.1) is 0 Å². The van der Waals surface area contributed by atoms with E-state index in [4.69, 9.17) is 16.0 Å². The van der Waals surface area contributed by atoms with Crippen LogP contribution in [0.3, 0.4) is 0 Å². The standard InChI is InChI=1S/C26H24ClN3O3/c1-26(2,3)16-8-6-15(7-9-16)24-21-22(19-13-17(27)10-11-20(19)31)28-29-23(21)25(32)30(24)14-18-5-4-12-33-18/h4-13,24,31H,14H2,1-3H3,(H,28,29). The van der Waals surface area contributed by atoms with E-state index in [2.05, 4.69) is 55.2 Å². The van der Waals surface area contributed by atoms with Crippen LogP contribution in [0.25, 0.3) is 11.3 Å². The molecule has 2 aromatic heterocycles. The summed E-state index contributed by atoms with van der Waals surface area (Å²) in [6.07, 6.45) is 1.60. The molecule has 2 aromatic carbocycles. The number of furan rings is 1. The summed E-state index contributed by atoms with van der Waals surface area (Å²) >= 11 is 6.21. The molecule has 0 saturated heterocycles. The van der Waals surface area contributed by atoms with Crippen LogP contribution < -0.4 is 0 Å². The lowest BCUT2D eigenvalue weighted by Crippen LogP contribution is -2.29. The quantitative estimate of drug-likeness (QED) is 0.386. The van der Waals surface area contributed by atoms with E-state index in [-0.39, 0.29) is 17.1 Å². The first-order valence-corrected chi connectivity index (χ1v) is 11.1. The van der Waals surface area contributed by atoms with Crippen molar-refractivity contribution in [2.45, 2.75) is 38.8 Å². The van der Waals surface area contributed by atoms with Gasteiger partial charge >= 0.3 is 0 Å². The van der Waals surface area contributed by atoms with E-state index in [0.29, 0.717) is 39.8 Å². The fraction of sp³-hybridized carbons (Fsp3) is 0.231. The van der Waals surface area contributed by atoms with Crippen molar-refractivity contribution < 1.29 is 14.3 Å². The lowest BCUT2D eigenvalue weighted by molar-refractivity contribution is 0.0717. The number of aromatic hydroxyl groups is 1. The molecule has 1 atom stereocenters. The van der Waals surface area contributed by atoms with Gasteiger partial charge < -0.3 is 14.4 Å². The summed E-state index contributed by atoms with van der Waals surface area (Å²) in [7, 11) is 0. The highest BCUT2D eigenvalue weighted by Gasteiger charge is 2.43. The molecule has 0 radical (unpaired) electrons. The number of aromatic nitrogens is 2. The van der Waals surface area contributed by atoms with Gasteiger partial charge in [0.1, 0.15) is 22.9 Å². The van der Waals surface area contributed by atoms with Crippen LogP contribution in [0.15, 0.2) is 65.3 Å². The van der Waals surface area contributed by atoms with Crippen molar-refractivity contribution >= 4 is 17.5 Å². The Labute approximate surface area is 196 Å². The second-order valence-electron chi connectivity index (χ2n) is 9.31. The summed E-state index contributed by atoms with van der Waals surface area (Å²) in [6, 6.07) is 16.4. The highest BCUT2D eigenvalue weighted by molar-refractivity contribution is 6.31. The molecule has 1 amide bonds. The first kappa shape index (κ1) is 21.3. The number of carbonyl (C=O) groups is 1. The lowest BCUT2D eigenvalue weighted by atomic mass is 9.85. The summed E-state index contributed by atoms with van der Waals surface area (Å²) in [5.41, 5.74) is 4.26. The van der Waals surface area contributed by atoms with Crippen molar-refractivity contribution in [2.75, 3.05) is 0 Å². The van der Waals surface area contributed by atoms with Crippen molar-refractivity contribution in [3.8, 4) is 17.0 Å². The minimum Gasteiger partial charge on any atom is -0.507 e. The van der Waals surface area contributed by atoms with Gasteiger partial charge in [-0.05, 0) is 46.9 Å². The summed E-state index contributed by atoms with van der Waals surface area (Å²) in [4.78, 5) is 15.2. The molecular weight excluding hydrogens is 438 g/mol. The van der Waals surface area contributed by atoms with Gasteiger partial charge in [0.2, 0.25) is 0 Å². The fourth-order valence-electron chi connectivity index (χ4n) is 4.35. The average Bonchev–Trinajstić information content (AvgIpc) is 3.49. The molecule has 6 nitrogen and oxygen atoms in total. The van der Waals surface area contributed by atoms with Crippen LogP contribution in [0.5, 0.6) is 5.75 Å². The Kier molecular flexibility index (Phi) is 5.05. The van der Waals surface area contributed by atoms with Crippen LogP contribution in [0.1, 0.15) is 59.8 Å². The zero-order valence-electron chi connectivity index (χ0n) is 18.6. The third-order valence-corrected chi connectivity index (χ3v) is 6.31. The van der Waals surface area contributed by atoms with Gasteiger partial charge in [-0.1, -0.05) is 56.6 Å². The van der Waals surface area contributed by atoms with E-state index in [9.17, 15) is 9.90 Å². The Morgan fingerprint density at radius 2 is 1.91 bits per heavy atom. The number of rotatable bonds is 4. The fourth-order valence-corrected chi connectivity index (χ4v) is 4.52. The Bertz CT molecular complexity index is 1320. The van der Waals surface area contributed by atoms with Crippen LogP contribution in [0.4, 0.5) is 0 Å². The predicted molar refractivity (Wildman–Crippen MR) is 126 cm³/mol. The van der Waals surface area contributed by atoms with Gasteiger partial charge in [0.15, 0.2) is 0 Å². The average molecular weight is 462 g/mol. The molecule has 5 rings (SSSR count). The molecule has 1 unspecified atom stereocenters. The van der Waals surface area contributed by atoms with Crippen LogP contribution >= 0.6 is 11.6 Å². The number of halogens is 1. The molecule has 0 aliphatic carbocycles. The van der Waals surface area contributed by atoms with E-state index in [1.165, 1.54) is 11.6 Å². The molecule has 1 aliphatic rings. The number of phenolic OH excluding ortho intramolecular Hbond substituents is 1. The van der Waals surface area contributed by atoms with Crippen molar-refractivity contribution in [1.29, 1.82) is 0 Å². The van der Waals surface area contributed by atoms with Crippen molar-refractivity contribution in [3.63, 3.8) is 0 Å². The number of H-pyrrole nitrogens is 1. The monoisotopic (exact) mass is 461 g/mol. The summed E-state index contributed by atoms with van der Waals surface area (Å²) in [6.45, 7) is 6.80. The number of aromatic amines is 1. The molecule has 4 aromatic rings. The Morgan fingerprint density at radius 1 is 1.15 bits per heavy atom. The Hall–Kier alpha value is -3.51. The SMILES string of the molecule is CC(C)(C)c1ccc(C2c3c(-c4cc(Cl)ccc4O)n[nH]c3C(=O)N2Cc2ccco2)cc1. The first-order chi connectivity index (χ1) is 15.7. The molecule has 1 aliphatic heterocycles. The summed E-state index contributed by atoms with van der Waals surface area (Å²) < 4.78 is 5.54. The van der Waals surface area contributed by atoms with Gasteiger partial charge in [0.25, 0.3) is 5.91 Å². The third kappa shape index (κ3) is 3.70. The Morgan fingerprint density at radius 3 is 2.58 bits per heavy atom. The van der Waals surface area contributed by atoms with Gasteiger partial charge in [0.05, 0.1) is 18.8 Å². The molecule has 7 heteroatoms. The van der Waals surface area contributed by atoms with Crippen molar-refractivity contribution in [3.05, 3.63) is 94.0 Å². The number of phenols is 1. The van der Waals surface area contributed by atoms with Gasteiger partial charge in [-0.3, -0.25) is 9.89 Å². The number of nitrogens with zero attached hydrogens (tertiary/aromatic N) is 2. The number of hydrogen-bond acceptors (Lipinski definition) is 4. The lowest BCUT2D eigenvalue weighted by Gasteiger charge is -2.27. The van der Waals surface area contributed by atoms with Crippen molar-refractivity contribution in [2.24, 2.45) is 0 Å². The minimum atomic E-state index is -0.404. The van der Waals surface area contributed by atoms with Crippen molar-refractivity contribution in [1.82, 2.24) is 15.1 Å². The van der Waals surface area contributed by atoms with E-state index >= 15 is 0 Å². The van der Waals surface area contributed by atoms with Crippen LogP contribution in [-0.4, -0.2) is 26.1 Å². The summed E-state index contributed by atoms with van der Waals surface area (Å²) in [5.74, 6) is 0.559. The molecule has 0 saturated carbocycles. The van der Waals surface area contributed by atoms with E-state index in [0.717, 1.165) is 5.56 Å². The maximum absolute atomic E-state index is 13.5. The molecule has 0 spiro atoms. The maximum Gasteiger partial charge on any atom is 0.273 e. The number of hydrogen-bond donors (Lipinski definition) is 2. The van der Waals surface area contributed by atoms with E-state index < -0.39 is 6.04 Å². The van der Waals surface area contributed by atoms with Crippen LogP contribution in [-0.2, 0) is 12.0 Å². The first-order valence-electron chi connectivity index (χ1n) is 10.7. The zero-order valence-corrected chi connectivity index (χ0v) is 19.3. The smallest absolute Gasteiger partial charge is 0.273 e. The number of fused-ring (bicyclic) bond motifs is 1. The largest absolute Gasteiger partial charge is 0.507 e. The second-order valence-corrected chi connectivity index (χ2v) is 9.75. The van der Waals surface area contributed by atoms with Crippen LogP contribution in [0.2, 0.25) is 5.02 Å². The Balaban J connectivity index is 1.66. The molecule has 168 valence electrons. The highest BCUT2D eigenvalue weighted by Crippen LogP contribution is 2.45. The van der Waals surface area contributed by atoms with Gasteiger partial charge in [0, 0.05) is 16.1 Å². The summed E-state index contributed by atoms with van der Waals surface area (Å²) in [5, 5.41) is 18.3. The number of amides is 1. The van der Waals surface area contributed by atoms with E-state index in [1.807, 2.05) is 6.07 Å².